The Morgan fingerprint density at radius 1 is 1.11 bits per heavy atom. The molecule has 0 radical (unpaired) electrons. The number of hydrogen-bond acceptors (Lipinski definition) is 4. The van der Waals surface area contributed by atoms with E-state index < -0.39 is 0 Å². The maximum atomic E-state index is 12.8. The first-order chi connectivity index (χ1) is 9.20. The molecule has 0 spiro atoms. The lowest BCUT2D eigenvalue weighted by Gasteiger charge is -2.16. The SMILES string of the molecule is CN(CCCO)c1ncc(-c2ccc(F)cc2)cn1. The molecular formula is C14H16FN3O. The maximum Gasteiger partial charge on any atom is 0.225 e. The molecule has 2 rings (SSSR count). The highest BCUT2D eigenvalue weighted by atomic mass is 19.1. The van der Waals surface area contributed by atoms with E-state index in [1.807, 2.05) is 11.9 Å². The van der Waals surface area contributed by atoms with Gasteiger partial charge in [-0.2, -0.15) is 0 Å². The Hall–Kier alpha value is -2.01. The van der Waals surface area contributed by atoms with Crippen molar-refractivity contribution in [3.63, 3.8) is 0 Å². The molecule has 0 fully saturated rings. The summed E-state index contributed by atoms with van der Waals surface area (Å²) >= 11 is 0. The summed E-state index contributed by atoms with van der Waals surface area (Å²) in [4.78, 5) is 10.4. The van der Waals surface area contributed by atoms with Crippen LogP contribution in [0.3, 0.4) is 0 Å². The quantitative estimate of drug-likeness (QED) is 0.895. The van der Waals surface area contributed by atoms with E-state index in [1.165, 1.54) is 12.1 Å². The predicted molar refractivity (Wildman–Crippen MR) is 72.4 cm³/mol. The standard InChI is InChI=1S/C14H16FN3O/c1-18(7-2-8-19)14-16-9-12(10-17-14)11-3-5-13(15)6-4-11/h3-6,9-10,19H,2,7-8H2,1H3. The van der Waals surface area contributed by atoms with E-state index in [4.69, 9.17) is 5.11 Å². The van der Waals surface area contributed by atoms with Gasteiger partial charge in [0, 0.05) is 38.2 Å². The van der Waals surface area contributed by atoms with Crippen LogP contribution in [-0.2, 0) is 0 Å². The van der Waals surface area contributed by atoms with Gasteiger partial charge in [-0.1, -0.05) is 12.1 Å². The molecule has 100 valence electrons. The molecule has 0 bridgehead atoms. The van der Waals surface area contributed by atoms with Gasteiger partial charge in [-0.15, -0.1) is 0 Å². The van der Waals surface area contributed by atoms with Gasteiger partial charge >= 0.3 is 0 Å². The first kappa shape index (κ1) is 13.4. The Kier molecular flexibility index (Phi) is 4.41. The third-order valence-corrected chi connectivity index (χ3v) is 2.81. The number of rotatable bonds is 5. The average Bonchev–Trinajstić information content (AvgIpc) is 2.46. The first-order valence-corrected chi connectivity index (χ1v) is 6.10. The minimum absolute atomic E-state index is 0.151. The second-order valence-corrected chi connectivity index (χ2v) is 4.28. The molecule has 2 aromatic rings. The lowest BCUT2D eigenvalue weighted by molar-refractivity contribution is 0.290. The second kappa shape index (κ2) is 6.24. The molecule has 19 heavy (non-hydrogen) atoms. The minimum Gasteiger partial charge on any atom is -0.396 e. The van der Waals surface area contributed by atoms with E-state index in [0.29, 0.717) is 18.9 Å². The lowest BCUT2D eigenvalue weighted by atomic mass is 10.1. The van der Waals surface area contributed by atoms with Crippen LogP contribution in [0.2, 0.25) is 0 Å². The summed E-state index contributed by atoms with van der Waals surface area (Å²) in [6.07, 6.45) is 4.11. The van der Waals surface area contributed by atoms with Crippen molar-refractivity contribution in [2.75, 3.05) is 25.1 Å². The third kappa shape index (κ3) is 3.48. The van der Waals surface area contributed by atoms with Gasteiger partial charge in [0.2, 0.25) is 5.95 Å². The highest BCUT2D eigenvalue weighted by Gasteiger charge is 2.05. The number of aliphatic hydroxyl groups is 1. The van der Waals surface area contributed by atoms with Crippen LogP contribution in [0.15, 0.2) is 36.7 Å². The molecule has 0 amide bonds. The molecule has 0 atom stereocenters. The molecule has 0 aliphatic rings. The Labute approximate surface area is 111 Å². The largest absolute Gasteiger partial charge is 0.396 e. The fourth-order valence-electron chi connectivity index (χ4n) is 1.72. The molecule has 5 heteroatoms. The molecule has 0 aliphatic carbocycles. The van der Waals surface area contributed by atoms with Crippen LogP contribution in [0.4, 0.5) is 10.3 Å². The first-order valence-electron chi connectivity index (χ1n) is 6.10. The van der Waals surface area contributed by atoms with Crippen molar-refractivity contribution in [3.8, 4) is 11.1 Å². The lowest BCUT2D eigenvalue weighted by Crippen LogP contribution is -2.21. The number of anilines is 1. The summed E-state index contributed by atoms with van der Waals surface area (Å²) in [6, 6.07) is 6.22. The van der Waals surface area contributed by atoms with Gasteiger partial charge in [0.15, 0.2) is 0 Å². The van der Waals surface area contributed by atoms with Crippen molar-refractivity contribution in [3.05, 3.63) is 42.5 Å². The van der Waals surface area contributed by atoms with E-state index >= 15 is 0 Å². The number of benzene rings is 1. The highest BCUT2D eigenvalue weighted by molar-refractivity contribution is 5.61. The van der Waals surface area contributed by atoms with Gasteiger partial charge in [-0.3, -0.25) is 0 Å². The van der Waals surface area contributed by atoms with E-state index in [2.05, 4.69) is 9.97 Å². The molecule has 0 unspecified atom stereocenters. The molecule has 1 aromatic heterocycles. The van der Waals surface area contributed by atoms with Crippen LogP contribution in [0.25, 0.3) is 11.1 Å². The summed E-state index contributed by atoms with van der Waals surface area (Å²) in [7, 11) is 1.88. The Morgan fingerprint density at radius 3 is 2.32 bits per heavy atom. The summed E-state index contributed by atoms with van der Waals surface area (Å²) in [5.41, 5.74) is 1.73. The Morgan fingerprint density at radius 2 is 1.74 bits per heavy atom. The molecule has 0 saturated heterocycles. The molecule has 0 saturated carbocycles. The van der Waals surface area contributed by atoms with Gasteiger partial charge in [0.1, 0.15) is 5.82 Å². The number of aromatic nitrogens is 2. The van der Waals surface area contributed by atoms with Crippen molar-refractivity contribution in [1.82, 2.24) is 9.97 Å². The van der Waals surface area contributed by atoms with Gasteiger partial charge < -0.3 is 10.0 Å². The van der Waals surface area contributed by atoms with Crippen LogP contribution in [-0.4, -0.2) is 35.3 Å². The van der Waals surface area contributed by atoms with E-state index in [0.717, 1.165) is 11.1 Å². The van der Waals surface area contributed by atoms with Crippen LogP contribution in [0, 0.1) is 5.82 Å². The van der Waals surface area contributed by atoms with Gasteiger partial charge in [0.05, 0.1) is 0 Å². The molecule has 4 nitrogen and oxygen atoms in total. The fourth-order valence-corrected chi connectivity index (χ4v) is 1.72. The molecule has 0 aliphatic heterocycles. The minimum atomic E-state index is -0.259. The van der Waals surface area contributed by atoms with Crippen molar-refractivity contribution in [2.45, 2.75) is 6.42 Å². The average molecular weight is 261 g/mol. The monoisotopic (exact) mass is 261 g/mol. The maximum absolute atomic E-state index is 12.8. The van der Waals surface area contributed by atoms with E-state index in [9.17, 15) is 4.39 Å². The zero-order valence-electron chi connectivity index (χ0n) is 10.8. The summed E-state index contributed by atoms with van der Waals surface area (Å²) in [5.74, 6) is 0.351. The van der Waals surface area contributed by atoms with Crippen LogP contribution in [0.1, 0.15) is 6.42 Å². The topological polar surface area (TPSA) is 49.2 Å². The van der Waals surface area contributed by atoms with Crippen LogP contribution >= 0.6 is 0 Å². The smallest absolute Gasteiger partial charge is 0.225 e. The predicted octanol–water partition coefficient (Wildman–Crippen LogP) is 2.10. The molecule has 1 heterocycles. The Bertz CT molecular complexity index is 513. The molecule has 1 N–H and O–H groups in total. The second-order valence-electron chi connectivity index (χ2n) is 4.28. The zero-order chi connectivity index (χ0) is 13.7. The van der Waals surface area contributed by atoms with Crippen molar-refractivity contribution >= 4 is 5.95 Å². The molecular weight excluding hydrogens is 245 g/mol. The number of nitrogens with zero attached hydrogens (tertiary/aromatic N) is 3. The van der Waals surface area contributed by atoms with Crippen LogP contribution in [0.5, 0.6) is 0 Å². The number of halogens is 1. The highest BCUT2D eigenvalue weighted by Crippen LogP contribution is 2.19. The zero-order valence-corrected chi connectivity index (χ0v) is 10.8. The van der Waals surface area contributed by atoms with Crippen LogP contribution < -0.4 is 4.90 Å². The van der Waals surface area contributed by atoms with Gasteiger partial charge in [0.25, 0.3) is 0 Å². The fraction of sp³-hybridized carbons (Fsp3) is 0.286. The number of hydrogen-bond donors (Lipinski definition) is 1. The Balaban J connectivity index is 2.11. The van der Waals surface area contributed by atoms with Gasteiger partial charge in [-0.05, 0) is 24.1 Å². The summed E-state index contributed by atoms with van der Waals surface area (Å²) in [6.45, 7) is 0.852. The van der Waals surface area contributed by atoms with E-state index in [-0.39, 0.29) is 12.4 Å². The third-order valence-electron chi connectivity index (χ3n) is 2.81. The summed E-state index contributed by atoms with van der Waals surface area (Å²) < 4.78 is 12.8. The molecule has 1 aromatic carbocycles. The van der Waals surface area contributed by atoms with Crippen molar-refractivity contribution in [1.29, 1.82) is 0 Å². The van der Waals surface area contributed by atoms with Crippen molar-refractivity contribution in [2.24, 2.45) is 0 Å². The normalized spacial score (nSPS) is 10.5. The summed E-state index contributed by atoms with van der Waals surface area (Å²) in [5, 5.41) is 8.78. The number of aliphatic hydroxyl groups excluding tert-OH is 1. The van der Waals surface area contributed by atoms with Crippen molar-refractivity contribution < 1.29 is 9.50 Å². The van der Waals surface area contributed by atoms with E-state index in [1.54, 1.807) is 24.5 Å². The van der Waals surface area contributed by atoms with Gasteiger partial charge in [-0.25, -0.2) is 14.4 Å².